The number of thioether (sulfide) groups is 1. The van der Waals surface area contributed by atoms with E-state index in [4.69, 9.17) is 4.74 Å². The maximum Gasteiger partial charge on any atom is 0.328 e. The van der Waals surface area contributed by atoms with Crippen molar-refractivity contribution in [2.45, 2.75) is 11.7 Å². The number of amides is 2. The van der Waals surface area contributed by atoms with Gasteiger partial charge in [-0.15, -0.1) is 10.2 Å². The van der Waals surface area contributed by atoms with Gasteiger partial charge in [-0.1, -0.05) is 11.8 Å². The van der Waals surface area contributed by atoms with Crippen LogP contribution in [0.15, 0.2) is 52.4 Å². The fraction of sp³-hybridized carbons (Fsp3) is 0.261. The average Bonchev–Trinajstić information content (AvgIpc) is 3.32. The molecule has 2 N–H and O–H groups in total. The standard InChI is InChI=1S/C23H25N7O4S/c1-28-17-10-7-15(11-18(17)29(2)23(28)33)25-20(31)13-35-22-27-26-19(30(22)3)12-24-21(32)14-5-8-16(34-4)9-6-14/h5-11H,12-13H2,1-4H3,(H,24,32)(H,25,31). The summed E-state index contributed by atoms with van der Waals surface area (Å²) in [5.74, 6) is 0.900. The molecule has 182 valence electrons. The number of aryl methyl sites for hydroxylation is 2. The lowest BCUT2D eigenvalue weighted by molar-refractivity contribution is -0.113. The molecule has 0 aliphatic rings. The lowest BCUT2D eigenvalue weighted by Crippen LogP contribution is -2.24. The Kier molecular flexibility index (Phi) is 6.92. The molecule has 0 radical (unpaired) electrons. The van der Waals surface area contributed by atoms with E-state index in [0.717, 1.165) is 11.0 Å². The van der Waals surface area contributed by atoms with Crippen LogP contribution in [-0.4, -0.2) is 48.6 Å². The summed E-state index contributed by atoms with van der Waals surface area (Å²) in [5, 5.41) is 14.4. The number of rotatable bonds is 8. The maximum atomic E-state index is 12.5. The number of carbonyl (C=O) groups excluding carboxylic acids is 2. The van der Waals surface area contributed by atoms with E-state index >= 15 is 0 Å². The largest absolute Gasteiger partial charge is 0.497 e. The number of nitrogens with one attached hydrogen (secondary N) is 2. The van der Waals surface area contributed by atoms with E-state index in [0.29, 0.717) is 28.0 Å². The molecule has 0 aliphatic heterocycles. The van der Waals surface area contributed by atoms with Gasteiger partial charge in [0.1, 0.15) is 5.75 Å². The summed E-state index contributed by atoms with van der Waals surface area (Å²) in [6.45, 7) is 0.191. The van der Waals surface area contributed by atoms with Crippen LogP contribution in [0.4, 0.5) is 5.69 Å². The van der Waals surface area contributed by atoms with Gasteiger partial charge in [-0.2, -0.15) is 0 Å². The number of imidazole rings is 1. The highest BCUT2D eigenvalue weighted by atomic mass is 32.2. The molecule has 4 rings (SSSR count). The lowest BCUT2D eigenvalue weighted by Gasteiger charge is -2.07. The van der Waals surface area contributed by atoms with Crippen molar-refractivity contribution < 1.29 is 14.3 Å². The molecule has 0 atom stereocenters. The number of methoxy groups -OCH3 is 1. The molecule has 0 saturated heterocycles. The predicted octanol–water partition coefficient (Wildman–Crippen LogP) is 1.67. The van der Waals surface area contributed by atoms with Gasteiger partial charge in [0, 0.05) is 32.4 Å². The Morgan fingerprint density at radius 1 is 0.971 bits per heavy atom. The van der Waals surface area contributed by atoms with Crippen LogP contribution < -0.4 is 21.1 Å². The molecule has 4 aromatic rings. The molecule has 0 saturated carbocycles. The number of anilines is 1. The van der Waals surface area contributed by atoms with Crippen LogP contribution in [0, 0.1) is 0 Å². The maximum absolute atomic E-state index is 12.5. The van der Waals surface area contributed by atoms with Crippen molar-refractivity contribution in [1.82, 2.24) is 29.2 Å². The lowest BCUT2D eigenvalue weighted by atomic mass is 10.2. The zero-order valence-electron chi connectivity index (χ0n) is 19.7. The van der Waals surface area contributed by atoms with Crippen LogP contribution in [0.25, 0.3) is 11.0 Å². The third kappa shape index (κ3) is 5.06. The number of benzene rings is 2. The monoisotopic (exact) mass is 495 g/mol. The number of hydrogen-bond donors (Lipinski definition) is 2. The Morgan fingerprint density at radius 3 is 2.40 bits per heavy atom. The van der Waals surface area contributed by atoms with Crippen LogP contribution in [-0.2, 0) is 32.5 Å². The quantitative estimate of drug-likeness (QED) is 0.356. The molecule has 35 heavy (non-hydrogen) atoms. The minimum atomic E-state index is -0.239. The van der Waals surface area contributed by atoms with Crippen LogP contribution >= 0.6 is 11.8 Å². The molecular formula is C23H25N7O4S. The van der Waals surface area contributed by atoms with Gasteiger partial charge in [0.15, 0.2) is 11.0 Å². The number of aromatic nitrogens is 5. The third-order valence-corrected chi connectivity index (χ3v) is 6.59. The highest BCUT2D eigenvalue weighted by molar-refractivity contribution is 7.99. The summed E-state index contributed by atoms with van der Waals surface area (Å²) >= 11 is 1.23. The van der Waals surface area contributed by atoms with E-state index in [9.17, 15) is 14.4 Å². The summed E-state index contributed by atoms with van der Waals surface area (Å²) in [7, 11) is 6.74. The second-order valence-corrected chi connectivity index (χ2v) is 8.75. The minimum absolute atomic E-state index is 0.121. The smallest absolute Gasteiger partial charge is 0.328 e. The normalized spacial score (nSPS) is 11.0. The third-order valence-electron chi connectivity index (χ3n) is 5.57. The Labute approximate surface area is 205 Å². The fourth-order valence-corrected chi connectivity index (χ4v) is 4.27. The summed E-state index contributed by atoms with van der Waals surface area (Å²) in [6.07, 6.45) is 0. The van der Waals surface area contributed by atoms with Crippen molar-refractivity contribution in [2.24, 2.45) is 21.1 Å². The first-order valence-electron chi connectivity index (χ1n) is 10.7. The van der Waals surface area contributed by atoms with Gasteiger partial charge in [0.05, 0.1) is 30.4 Å². The van der Waals surface area contributed by atoms with Gasteiger partial charge in [-0.3, -0.25) is 18.7 Å². The first kappa shape index (κ1) is 24.1. The Morgan fingerprint density at radius 2 is 1.69 bits per heavy atom. The van der Waals surface area contributed by atoms with Crippen molar-refractivity contribution in [3.05, 3.63) is 64.3 Å². The van der Waals surface area contributed by atoms with Gasteiger partial charge in [-0.05, 0) is 42.5 Å². The molecule has 11 nitrogen and oxygen atoms in total. The Hall–Kier alpha value is -4.06. The molecule has 2 aromatic heterocycles. The molecule has 2 amide bonds. The van der Waals surface area contributed by atoms with E-state index in [1.807, 2.05) is 0 Å². The van der Waals surface area contributed by atoms with Gasteiger partial charge in [0.2, 0.25) is 5.91 Å². The zero-order valence-corrected chi connectivity index (χ0v) is 20.5. The fourth-order valence-electron chi connectivity index (χ4n) is 3.54. The first-order valence-corrected chi connectivity index (χ1v) is 11.7. The number of fused-ring (bicyclic) bond motifs is 1. The van der Waals surface area contributed by atoms with Crippen molar-refractivity contribution in [3.8, 4) is 5.75 Å². The topological polar surface area (TPSA) is 125 Å². The summed E-state index contributed by atoms with van der Waals surface area (Å²) in [5.41, 5.74) is 2.50. The molecule has 2 aromatic carbocycles. The van der Waals surface area contributed by atoms with Gasteiger partial charge >= 0.3 is 5.69 Å². The molecule has 2 heterocycles. The molecule has 0 fully saturated rings. The highest BCUT2D eigenvalue weighted by Crippen LogP contribution is 2.20. The van der Waals surface area contributed by atoms with E-state index in [2.05, 4.69) is 20.8 Å². The minimum Gasteiger partial charge on any atom is -0.497 e. The average molecular weight is 496 g/mol. The second-order valence-electron chi connectivity index (χ2n) is 7.81. The zero-order chi connectivity index (χ0) is 25.1. The summed E-state index contributed by atoms with van der Waals surface area (Å²) < 4.78 is 9.93. The van der Waals surface area contributed by atoms with Gasteiger partial charge in [-0.25, -0.2) is 4.79 Å². The number of carbonyl (C=O) groups is 2. The van der Waals surface area contributed by atoms with Crippen LogP contribution in [0.5, 0.6) is 5.75 Å². The van der Waals surface area contributed by atoms with E-state index in [1.165, 1.54) is 16.3 Å². The molecule has 0 spiro atoms. The van der Waals surface area contributed by atoms with Crippen molar-refractivity contribution in [3.63, 3.8) is 0 Å². The SMILES string of the molecule is COc1ccc(C(=O)NCc2nnc(SCC(=O)Nc3ccc4c(c3)n(C)c(=O)n4C)n2C)cc1. The molecule has 0 aliphatic carbocycles. The Bertz CT molecular complexity index is 1450. The van der Waals surface area contributed by atoms with E-state index < -0.39 is 0 Å². The van der Waals surface area contributed by atoms with Crippen LogP contribution in [0.3, 0.4) is 0 Å². The molecule has 12 heteroatoms. The van der Waals surface area contributed by atoms with Crippen LogP contribution in [0.1, 0.15) is 16.2 Å². The first-order chi connectivity index (χ1) is 16.8. The van der Waals surface area contributed by atoms with Crippen LogP contribution in [0.2, 0.25) is 0 Å². The van der Waals surface area contributed by atoms with Crippen molar-refractivity contribution >= 4 is 40.3 Å². The summed E-state index contributed by atoms with van der Waals surface area (Å²) in [4.78, 5) is 36.9. The van der Waals surface area contributed by atoms with Gasteiger partial charge < -0.3 is 19.9 Å². The number of nitrogens with zero attached hydrogens (tertiary/aromatic N) is 5. The predicted molar refractivity (Wildman–Crippen MR) is 133 cm³/mol. The molecular weight excluding hydrogens is 470 g/mol. The molecule has 0 unspecified atom stereocenters. The van der Waals surface area contributed by atoms with Gasteiger partial charge in [0.25, 0.3) is 5.91 Å². The Balaban J connectivity index is 1.32. The van der Waals surface area contributed by atoms with Crippen molar-refractivity contribution in [1.29, 1.82) is 0 Å². The number of hydrogen-bond acceptors (Lipinski definition) is 7. The van der Waals surface area contributed by atoms with E-state index in [-0.39, 0.29) is 29.8 Å². The van der Waals surface area contributed by atoms with E-state index in [1.54, 1.807) is 79.9 Å². The second kappa shape index (κ2) is 10.1. The summed E-state index contributed by atoms with van der Waals surface area (Å²) in [6, 6.07) is 12.1. The molecule has 0 bridgehead atoms. The highest BCUT2D eigenvalue weighted by Gasteiger charge is 2.14. The number of ether oxygens (including phenoxy) is 1. The van der Waals surface area contributed by atoms with Crippen molar-refractivity contribution in [2.75, 3.05) is 18.2 Å².